The van der Waals surface area contributed by atoms with E-state index in [1.165, 1.54) is 12.1 Å². The standard InChI is InChI=1S/C15H18F2N2O/c1-19-15(10-18)8-3-4-11(15)7-9-20-13-6-2-5-12(16)14(13)17/h2,5-6,11,19H,3-4,7-9H2,1H3. The van der Waals surface area contributed by atoms with Gasteiger partial charge in [0.15, 0.2) is 11.6 Å². The van der Waals surface area contributed by atoms with Gasteiger partial charge in [-0.1, -0.05) is 12.5 Å². The average Bonchev–Trinajstić information content (AvgIpc) is 2.87. The van der Waals surface area contributed by atoms with Gasteiger partial charge < -0.3 is 10.1 Å². The summed E-state index contributed by atoms with van der Waals surface area (Å²) < 4.78 is 31.8. The van der Waals surface area contributed by atoms with Crippen LogP contribution in [0.3, 0.4) is 0 Å². The average molecular weight is 280 g/mol. The minimum absolute atomic E-state index is 0.0741. The third-order valence-electron chi connectivity index (χ3n) is 4.11. The van der Waals surface area contributed by atoms with Gasteiger partial charge >= 0.3 is 0 Å². The lowest BCUT2D eigenvalue weighted by atomic mass is 9.86. The summed E-state index contributed by atoms with van der Waals surface area (Å²) in [6, 6.07) is 6.22. The number of benzene rings is 1. The summed E-state index contributed by atoms with van der Waals surface area (Å²) in [4.78, 5) is 0. The summed E-state index contributed by atoms with van der Waals surface area (Å²) in [6.45, 7) is 0.274. The maximum atomic E-state index is 13.4. The monoisotopic (exact) mass is 280 g/mol. The van der Waals surface area contributed by atoms with Crippen LogP contribution in [0.2, 0.25) is 0 Å². The Labute approximate surface area is 117 Å². The Morgan fingerprint density at radius 2 is 2.30 bits per heavy atom. The van der Waals surface area contributed by atoms with Gasteiger partial charge in [0, 0.05) is 0 Å². The maximum absolute atomic E-state index is 13.4. The number of hydrogen-bond donors (Lipinski definition) is 1. The SMILES string of the molecule is CNC1(C#N)CCCC1CCOc1cccc(F)c1F. The molecule has 1 aromatic carbocycles. The highest BCUT2D eigenvalue weighted by Crippen LogP contribution is 2.37. The minimum Gasteiger partial charge on any atom is -0.490 e. The van der Waals surface area contributed by atoms with E-state index >= 15 is 0 Å². The van der Waals surface area contributed by atoms with Crippen molar-refractivity contribution in [1.29, 1.82) is 5.26 Å². The van der Waals surface area contributed by atoms with Crippen molar-refractivity contribution >= 4 is 0 Å². The minimum atomic E-state index is -0.959. The van der Waals surface area contributed by atoms with E-state index in [1.807, 2.05) is 0 Å². The second kappa shape index (κ2) is 6.19. The van der Waals surface area contributed by atoms with Crippen LogP contribution < -0.4 is 10.1 Å². The molecule has 1 N–H and O–H groups in total. The smallest absolute Gasteiger partial charge is 0.200 e. The largest absolute Gasteiger partial charge is 0.490 e. The molecule has 1 aromatic rings. The molecule has 0 spiro atoms. The van der Waals surface area contributed by atoms with Crippen molar-refractivity contribution in [3.05, 3.63) is 29.8 Å². The second-order valence-corrected chi connectivity index (χ2v) is 5.11. The van der Waals surface area contributed by atoms with E-state index in [0.29, 0.717) is 6.42 Å². The lowest BCUT2D eigenvalue weighted by molar-refractivity contribution is 0.231. The van der Waals surface area contributed by atoms with Crippen LogP contribution in [-0.2, 0) is 0 Å². The highest BCUT2D eigenvalue weighted by molar-refractivity contribution is 5.25. The summed E-state index contributed by atoms with van der Waals surface area (Å²) in [7, 11) is 1.79. The molecule has 20 heavy (non-hydrogen) atoms. The van der Waals surface area contributed by atoms with Crippen LogP contribution in [-0.4, -0.2) is 19.2 Å². The van der Waals surface area contributed by atoms with Gasteiger partial charge in [-0.2, -0.15) is 9.65 Å². The first-order valence-corrected chi connectivity index (χ1v) is 6.80. The van der Waals surface area contributed by atoms with E-state index in [-0.39, 0.29) is 18.3 Å². The molecule has 2 rings (SSSR count). The van der Waals surface area contributed by atoms with Crippen molar-refractivity contribution in [3.63, 3.8) is 0 Å². The van der Waals surface area contributed by atoms with E-state index < -0.39 is 17.2 Å². The zero-order valence-corrected chi connectivity index (χ0v) is 11.5. The van der Waals surface area contributed by atoms with Gasteiger partial charge in [-0.25, -0.2) is 4.39 Å². The van der Waals surface area contributed by atoms with E-state index in [1.54, 1.807) is 7.05 Å². The van der Waals surface area contributed by atoms with Crippen molar-refractivity contribution in [1.82, 2.24) is 5.32 Å². The van der Waals surface area contributed by atoms with Crippen LogP contribution in [0.5, 0.6) is 5.75 Å². The van der Waals surface area contributed by atoms with E-state index in [4.69, 9.17) is 4.74 Å². The maximum Gasteiger partial charge on any atom is 0.200 e. The molecule has 0 aromatic heterocycles. The van der Waals surface area contributed by atoms with Gasteiger partial charge in [-0.3, -0.25) is 0 Å². The summed E-state index contributed by atoms with van der Waals surface area (Å²) in [5.41, 5.74) is -0.510. The first-order valence-electron chi connectivity index (χ1n) is 6.80. The van der Waals surface area contributed by atoms with Gasteiger partial charge in [0.25, 0.3) is 0 Å². The van der Waals surface area contributed by atoms with Crippen LogP contribution in [0.4, 0.5) is 8.78 Å². The molecule has 5 heteroatoms. The predicted octanol–water partition coefficient (Wildman–Crippen LogP) is 3.02. The number of nitriles is 1. The molecule has 2 unspecified atom stereocenters. The zero-order chi connectivity index (χ0) is 14.6. The summed E-state index contributed by atoms with van der Waals surface area (Å²) in [5.74, 6) is -1.77. The highest BCUT2D eigenvalue weighted by Gasteiger charge is 2.41. The topological polar surface area (TPSA) is 45.0 Å². The zero-order valence-electron chi connectivity index (χ0n) is 11.5. The molecule has 1 saturated carbocycles. The quantitative estimate of drug-likeness (QED) is 0.901. The van der Waals surface area contributed by atoms with Crippen LogP contribution in [0.15, 0.2) is 18.2 Å². The Hall–Kier alpha value is -1.67. The van der Waals surface area contributed by atoms with Gasteiger partial charge in [0.1, 0.15) is 5.54 Å². The molecule has 3 nitrogen and oxygen atoms in total. The lowest BCUT2D eigenvalue weighted by Crippen LogP contribution is -2.45. The fourth-order valence-corrected chi connectivity index (χ4v) is 2.91. The Kier molecular flexibility index (Phi) is 4.56. The molecule has 2 atom stereocenters. The molecule has 0 bridgehead atoms. The van der Waals surface area contributed by atoms with Crippen LogP contribution in [0.25, 0.3) is 0 Å². The van der Waals surface area contributed by atoms with Gasteiger partial charge in [0.05, 0.1) is 12.7 Å². The fraction of sp³-hybridized carbons (Fsp3) is 0.533. The molecule has 0 heterocycles. The van der Waals surface area contributed by atoms with Crippen molar-refractivity contribution < 1.29 is 13.5 Å². The predicted molar refractivity (Wildman–Crippen MR) is 71.2 cm³/mol. The molecule has 0 aliphatic heterocycles. The van der Waals surface area contributed by atoms with Crippen molar-refractivity contribution in [3.8, 4) is 11.8 Å². The van der Waals surface area contributed by atoms with Crippen molar-refractivity contribution in [2.75, 3.05) is 13.7 Å². The normalized spacial score (nSPS) is 25.4. The summed E-state index contributed by atoms with van der Waals surface area (Å²) >= 11 is 0. The molecular formula is C15H18F2N2O. The Morgan fingerprint density at radius 1 is 1.50 bits per heavy atom. The molecule has 1 aliphatic carbocycles. The second-order valence-electron chi connectivity index (χ2n) is 5.11. The lowest BCUT2D eigenvalue weighted by Gasteiger charge is -2.28. The third kappa shape index (κ3) is 2.75. The van der Waals surface area contributed by atoms with Crippen molar-refractivity contribution in [2.24, 2.45) is 5.92 Å². The van der Waals surface area contributed by atoms with Crippen LogP contribution >= 0.6 is 0 Å². The number of ether oxygens (including phenoxy) is 1. The number of rotatable bonds is 5. The first kappa shape index (κ1) is 14.7. The molecule has 0 radical (unpaired) electrons. The molecule has 1 aliphatic rings. The molecule has 108 valence electrons. The summed E-state index contributed by atoms with van der Waals surface area (Å²) in [5, 5.41) is 12.4. The third-order valence-corrected chi connectivity index (χ3v) is 4.11. The Balaban J connectivity index is 1.93. The molecular weight excluding hydrogens is 262 g/mol. The molecule has 0 amide bonds. The number of nitrogens with zero attached hydrogens (tertiary/aromatic N) is 1. The Bertz CT molecular complexity index is 515. The van der Waals surface area contributed by atoms with E-state index in [9.17, 15) is 14.0 Å². The number of halogens is 2. The first-order chi connectivity index (χ1) is 9.63. The van der Waals surface area contributed by atoms with E-state index in [0.717, 1.165) is 25.3 Å². The van der Waals surface area contributed by atoms with Crippen LogP contribution in [0, 0.1) is 28.9 Å². The Morgan fingerprint density at radius 3 is 3.00 bits per heavy atom. The fourth-order valence-electron chi connectivity index (χ4n) is 2.91. The molecule has 0 saturated heterocycles. The van der Waals surface area contributed by atoms with E-state index in [2.05, 4.69) is 11.4 Å². The highest BCUT2D eigenvalue weighted by atomic mass is 19.2. The van der Waals surface area contributed by atoms with Gasteiger partial charge in [-0.05, 0) is 44.4 Å². The van der Waals surface area contributed by atoms with Crippen LogP contribution in [0.1, 0.15) is 25.7 Å². The van der Waals surface area contributed by atoms with Crippen molar-refractivity contribution in [2.45, 2.75) is 31.2 Å². The summed E-state index contributed by atoms with van der Waals surface area (Å²) in [6.07, 6.45) is 3.40. The van der Waals surface area contributed by atoms with Gasteiger partial charge in [-0.15, -0.1) is 0 Å². The molecule has 1 fully saturated rings. The van der Waals surface area contributed by atoms with Gasteiger partial charge in [0.2, 0.25) is 5.82 Å². The number of nitrogens with one attached hydrogen (secondary N) is 1. The number of hydrogen-bond acceptors (Lipinski definition) is 3.